The summed E-state index contributed by atoms with van der Waals surface area (Å²) in [4.78, 5) is 41.1. The minimum atomic E-state index is -0.849. The topological polar surface area (TPSA) is 103 Å². The second-order valence-corrected chi connectivity index (χ2v) is 11.0. The van der Waals surface area contributed by atoms with Gasteiger partial charge in [-0.15, -0.1) is 0 Å². The lowest BCUT2D eigenvalue weighted by Gasteiger charge is -2.36. The molecule has 0 bridgehead atoms. The highest BCUT2D eigenvalue weighted by Gasteiger charge is 2.38. The van der Waals surface area contributed by atoms with Crippen LogP contribution in [-0.4, -0.2) is 65.5 Å². The van der Waals surface area contributed by atoms with Crippen molar-refractivity contribution in [3.8, 4) is 0 Å². The lowest BCUT2D eigenvalue weighted by Crippen LogP contribution is -2.57. The van der Waals surface area contributed by atoms with E-state index in [-0.39, 0.29) is 42.4 Å². The number of carbonyl (C=O) groups is 3. The molecule has 0 spiro atoms. The third kappa shape index (κ3) is 7.41. The van der Waals surface area contributed by atoms with E-state index in [1.807, 2.05) is 11.8 Å². The van der Waals surface area contributed by atoms with Crippen LogP contribution in [-0.2, 0) is 14.4 Å². The Morgan fingerprint density at radius 1 is 0.941 bits per heavy atom. The molecule has 0 aromatic heterocycles. The van der Waals surface area contributed by atoms with E-state index in [4.69, 9.17) is 0 Å². The summed E-state index contributed by atoms with van der Waals surface area (Å²) in [5, 5.41) is 13.2. The number of amides is 3. The SMILES string of the molecule is CC[C@H]1CCCCN1C(=O)C[C@H](NC(=O)CCC(C)C)C(=O)N[C@@H](C)C1NC2CCCCC2N1. The van der Waals surface area contributed by atoms with E-state index in [0.717, 1.165) is 51.5 Å². The Bertz CT molecular complexity index is 686. The van der Waals surface area contributed by atoms with Gasteiger partial charge in [-0.1, -0.05) is 33.6 Å². The van der Waals surface area contributed by atoms with Gasteiger partial charge in [0.2, 0.25) is 17.7 Å². The molecule has 5 atom stereocenters. The fourth-order valence-corrected chi connectivity index (χ4v) is 5.68. The number of nitrogens with zero attached hydrogens (tertiary/aromatic N) is 1. The molecule has 194 valence electrons. The summed E-state index contributed by atoms with van der Waals surface area (Å²) < 4.78 is 0. The van der Waals surface area contributed by atoms with E-state index in [0.29, 0.717) is 24.4 Å². The maximum Gasteiger partial charge on any atom is 0.243 e. The second kappa shape index (κ2) is 12.9. The fraction of sp³-hybridized carbons (Fsp3) is 0.885. The van der Waals surface area contributed by atoms with Gasteiger partial charge in [-0.05, 0) is 57.8 Å². The van der Waals surface area contributed by atoms with E-state index in [1.54, 1.807) is 0 Å². The van der Waals surface area contributed by atoms with Crippen molar-refractivity contribution in [3.63, 3.8) is 0 Å². The molecule has 1 aliphatic carbocycles. The summed E-state index contributed by atoms with van der Waals surface area (Å²) in [7, 11) is 0. The van der Waals surface area contributed by atoms with Crippen LogP contribution >= 0.6 is 0 Å². The van der Waals surface area contributed by atoms with Gasteiger partial charge in [-0.2, -0.15) is 0 Å². The number of piperidine rings is 1. The highest BCUT2D eigenvalue weighted by Crippen LogP contribution is 2.24. The average Bonchev–Trinajstić information content (AvgIpc) is 3.26. The van der Waals surface area contributed by atoms with Crippen LogP contribution in [0, 0.1) is 5.92 Å². The molecular weight excluding hydrogens is 430 g/mol. The molecule has 2 aliphatic heterocycles. The van der Waals surface area contributed by atoms with Crippen molar-refractivity contribution >= 4 is 17.7 Å². The van der Waals surface area contributed by atoms with Crippen molar-refractivity contribution in [1.29, 1.82) is 0 Å². The number of hydrogen-bond donors (Lipinski definition) is 4. The van der Waals surface area contributed by atoms with Crippen LogP contribution in [0.2, 0.25) is 0 Å². The summed E-state index contributed by atoms with van der Waals surface area (Å²) in [5.74, 6) is -0.0709. The molecule has 3 fully saturated rings. The lowest BCUT2D eigenvalue weighted by atomic mass is 9.92. The van der Waals surface area contributed by atoms with Gasteiger partial charge in [-0.25, -0.2) is 0 Å². The normalized spacial score (nSPS) is 28.8. The highest BCUT2D eigenvalue weighted by atomic mass is 16.2. The first-order chi connectivity index (χ1) is 16.3. The molecular formula is C26H47N5O3. The van der Waals surface area contributed by atoms with Gasteiger partial charge in [0.1, 0.15) is 6.04 Å². The standard InChI is InChI=1S/C26H47N5O3/c1-5-19-10-8-9-15-31(19)24(33)16-22(28-23(32)14-13-17(2)3)26(34)27-18(4)25-29-20-11-6-7-12-21(20)30-25/h17-22,25,29-30H,5-16H2,1-4H3,(H,27,34)(H,28,32)/t18-,19-,20?,21?,22-,25?/m0/s1. The largest absolute Gasteiger partial charge is 0.349 e. The Kier molecular flexibility index (Phi) is 10.2. The number of likely N-dealkylation sites (tertiary alicyclic amines) is 1. The third-order valence-electron chi connectivity index (χ3n) is 7.82. The first-order valence-electron chi connectivity index (χ1n) is 13.7. The molecule has 0 aromatic carbocycles. The monoisotopic (exact) mass is 477 g/mol. The summed E-state index contributed by atoms with van der Waals surface area (Å²) in [6.07, 6.45) is 10.00. The molecule has 2 unspecified atom stereocenters. The van der Waals surface area contributed by atoms with Gasteiger partial charge >= 0.3 is 0 Å². The number of fused-ring (bicyclic) bond motifs is 1. The molecule has 3 rings (SSSR count). The highest BCUT2D eigenvalue weighted by molar-refractivity contribution is 5.92. The molecule has 34 heavy (non-hydrogen) atoms. The fourth-order valence-electron chi connectivity index (χ4n) is 5.68. The van der Waals surface area contributed by atoms with Gasteiger partial charge in [0.05, 0.1) is 18.6 Å². The molecule has 8 heteroatoms. The van der Waals surface area contributed by atoms with E-state index >= 15 is 0 Å². The number of carbonyl (C=O) groups excluding carboxylic acids is 3. The lowest BCUT2D eigenvalue weighted by molar-refractivity contribution is -0.139. The van der Waals surface area contributed by atoms with Crippen LogP contribution in [0.5, 0.6) is 0 Å². The molecule has 0 radical (unpaired) electrons. The van der Waals surface area contributed by atoms with Gasteiger partial charge in [0.15, 0.2) is 0 Å². The summed E-state index contributed by atoms with van der Waals surface area (Å²) >= 11 is 0. The molecule has 8 nitrogen and oxygen atoms in total. The minimum absolute atomic E-state index is 0.00314. The molecule has 2 saturated heterocycles. The Hall–Kier alpha value is -1.67. The smallest absolute Gasteiger partial charge is 0.243 e. The summed E-state index contributed by atoms with van der Waals surface area (Å²) in [5.41, 5.74) is 0. The van der Waals surface area contributed by atoms with Crippen molar-refractivity contribution in [3.05, 3.63) is 0 Å². The Morgan fingerprint density at radius 3 is 2.21 bits per heavy atom. The summed E-state index contributed by atoms with van der Waals surface area (Å²) in [6, 6.07) is 0.141. The molecule has 2 heterocycles. The minimum Gasteiger partial charge on any atom is -0.349 e. The first kappa shape index (κ1) is 26.9. The van der Waals surface area contributed by atoms with E-state index < -0.39 is 6.04 Å². The van der Waals surface area contributed by atoms with Crippen LogP contribution in [0.25, 0.3) is 0 Å². The van der Waals surface area contributed by atoms with E-state index in [9.17, 15) is 14.4 Å². The predicted molar refractivity (Wildman–Crippen MR) is 134 cm³/mol. The van der Waals surface area contributed by atoms with Gasteiger partial charge < -0.3 is 15.5 Å². The zero-order chi connectivity index (χ0) is 24.7. The van der Waals surface area contributed by atoms with Crippen LogP contribution < -0.4 is 21.3 Å². The van der Waals surface area contributed by atoms with Crippen LogP contribution in [0.3, 0.4) is 0 Å². The Labute approximate surface area is 205 Å². The van der Waals surface area contributed by atoms with Gasteiger partial charge in [0.25, 0.3) is 0 Å². The average molecular weight is 478 g/mol. The maximum absolute atomic E-state index is 13.3. The Morgan fingerprint density at radius 2 is 1.59 bits per heavy atom. The predicted octanol–water partition coefficient (Wildman–Crippen LogP) is 2.42. The van der Waals surface area contributed by atoms with Gasteiger partial charge in [0, 0.05) is 31.1 Å². The van der Waals surface area contributed by atoms with Crippen molar-refractivity contribution in [2.24, 2.45) is 5.92 Å². The van der Waals surface area contributed by atoms with E-state index in [2.05, 4.69) is 42.0 Å². The summed E-state index contributed by atoms with van der Waals surface area (Å²) in [6.45, 7) is 8.97. The zero-order valence-electron chi connectivity index (χ0n) is 21.7. The van der Waals surface area contributed by atoms with Crippen molar-refractivity contribution in [1.82, 2.24) is 26.2 Å². The van der Waals surface area contributed by atoms with Crippen LogP contribution in [0.15, 0.2) is 0 Å². The molecule has 1 saturated carbocycles. The molecule has 4 N–H and O–H groups in total. The quantitative estimate of drug-likeness (QED) is 0.387. The maximum atomic E-state index is 13.3. The second-order valence-electron chi connectivity index (χ2n) is 11.0. The zero-order valence-corrected chi connectivity index (χ0v) is 21.7. The molecule has 3 aliphatic rings. The van der Waals surface area contributed by atoms with Gasteiger partial charge in [-0.3, -0.25) is 25.0 Å². The number of nitrogens with one attached hydrogen (secondary N) is 4. The van der Waals surface area contributed by atoms with Crippen LogP contribution in [0.4, 0.5) is 0 Å². The van der Waals surface area contributed by atoms with Crippen LogP contribution in [0.1, 0.15) is 98.3 Å². The van der Waals surface area contributed by atoms with Crippen molar-refractivity contribution in [2.45, 2.75) is 135 Å². The van der Waals surface area contributed by atoms with E-state index in [1.165, 1.54) is 12.8 Å². The number of hydrogen-bond acceptors (Lipinski definition) is 5. The first-order valence-corrected chi connectivity index (χ1v) is 13.7. The molecule has 0 aromatic rings. The third-order valence-corrected chi connectivity index (χ3v) is 7.82. The number of rotatable bonds is 10. The Balaban J connectivity index is 1.62. The van der Waals surface area contributed by atoms with Crippen molar-refractivity contribution in [2.75, 3.05) is 6.54 Å². The molecule has 3 amide bonds. The van der Waals surface area contributed by atoms with Crippen molar-refractivity contribution < 1.29 is 14.4 Å².